The zero-order valence-corrected chi connectivity index (χ0v) is 16.0. The quantitative estimate of drug-likeness (QED) is 0.740. The molecule has 2 aromatic carbocycles. The van der Waals surface area contributed by atoms with Crippen molar-refractivity contribution in [2.45, 2.75) is 5.92 Å². The third kappa shape index (κ3) is 3.49. The summed E-state index contributed by atoms with van der Waals surface area (Å²) >= 11 is 6.78. The Morgan fingerprint density at radius 2 is 1.87 bits per heavy atom. The van der Waals surface area contributed by atoms with Crippen LogP contribution in [0.1, 0.15) is 11.5 Å². The van der Waals surface area contributed by atoms with E-state index in [1.807, 2.05) is 18.2 Å². The third-order valence-electron chi connectivity index (χ3n) is 3.72. The molecule has 1 amide bonds. The van der Waals surface area contributed by atoms with Crippen LogP contribution in [0.25, 0.3) is 0 Å². The first-order valence-electron chi connectivity index (χ1n) is 7.06. The number of amides is 1. The Morgan fingerprint density at radius 3 is 2.48 bits per heavy atom. The Labute approximate surface area is 159 Å². The van der Waals surface area contributed by atoms with Crippen LogP contribution in [0.5, 0.6) is 11.5 Å². The standard InChI is InChI=1S/C17H13ClNO3.Y/c1-19-10-14(20)16(17(19)21)13-4-2-3-5-15(13)22-12-8-6-11(18)7-9-12;/h3-9,16H,10H2,1H3;. The molecule has 4 nitrogen and oxygen atoms in total. The zero-order valence-electron chi connectivity index (χ0n) is 12.5. The average Bonchev–Trinajstić information content (AvgIpc) is 2.76. The van der Waals surface area contributed by atoms with Crippen LogP contribution >= 0.6 is 11.6 Å². The number of halogens is 1. The van der Waals surface area contributed by atoms with Gasteiger partial charge in [0.25, 0.3) is 0 Å². The summed E-state index contributed by atoms with van der Waals surface area (Å²) in [6.07, 6.45) is 0. The number of hydrogen-bond acceptors (Lipinski definition) is 3. The molecule has 0 N–H and O–H groups in total. The summed E-state index contributed by atoms with van der Waals surface area (Å²) in [7, 11) is 1.64. The van der Waals surface area contributed by atoms with Gasteiger partial charge in [-0.1, -0.05) is 0 Å². The Balaban J connectivity index is 2.00. The van der Waals surface area contributed by atoms with E-state index in [0.29, 0.717) is 22.1 Å². The average molecular weight is 404 g/mol. The number of ether oxygens (including phenoxy) is 1. The van der Waals surface area contributed by atoms with Gasteiger partial charge in [0.05, 0.1) is 0 Å². The first-order chi connectivity index (χ1) is 11.0. The van der Waals surface area contributed by atoms with Crippen LogP contribution in [-0.4, -0.2) is 30.2 Å². The van der Waals surface area contributed by atoms with E-state index in [4.69, 9.17) is 16.3 Å². The van der Waals surface area contributed by atoms with Gasteiger partial charge in [0.2, 0.25) is 0 Å². The minimum absolute atomic E-state index is 0.0929. The van der Waals surface area contributed by atoms with Crippen LogP contribution in [0, 0.1) is 0 Å². The van der Waals surface area contributed by atoms with Gasteiger partial charge in [0.15, 0.2) is 0 Å². The summed E-state index contributed by atoms with van der Waals surface area (Å²) < 4.78 is 7.00. The number of carbonyl (C=O) groups excluding carboxylic acids is 2. The van der Waals surface area contributed by atoms with E-state index in [0.717, 1.165) is 33.3 Å². The molecular formula is C17H13ClNO3Y. The zero-order chi connectivity index (χ0) is 16.6. The van der Waals surface area contributed by atoms with Gasteiger partial charge >= 0.3 is 160 Å². The molecule has 0 radical (unpaired) electrons. The van der Waals surface area contributed by atoms with Crippen molar-refractivity contribution < 1.29 is 45.3 Å². The van der Waals surface area contributed by atoms with E-state index in [1.165, 1.54) is 4.90 Å². The summed E-state index contributed by atoms with van der Waals surface area (Å²) in [6, 6.07) is 12.6. The number of likely N-dealkylation sites (N-methyl/N-ethyl adjacent to an activating group) is 1. The summed E-state index contributed by atoms with van der Waals surface area (Å²) in [6.45, 7) is 0.147. The second-order valence-corrected chi connectivity index (χ2v) is 7.52. The first kappa shape index (κ1) is 16.6. The van der Waals surface area contributed by atoms with Crippen LogP contribution < -0.4 is 7.11 Å². The number of benzene rings is 2. The van der Waals surface area contributed by atoms with Gasteiger partial charge in [-0.25, -0.2) is 0 Å². The normalized spacial score (nSPS) is 17.6. The molecule has 3 rings (SSSR count). The monoisotopic (exact) mass is 403 g/mol. The van der Waals surface area contributed by atoms with E-state index >= 15 is 0 Å². The fourth-order valence-electron chi connectivity index (χ4n) is 2.58. The van der Waals surface area contributed by atoms with E-state index in [2.05, 4.69) is 0 Å². The van der Waals surface area contributed by atoms with Gasteiger partial charge in [-0.05, 0) is 0 Å². The fraction of sp³-hybridized carbons (Fsp3) is 0.176. The van der Waals surface area contributed by atoms with Crippen LogP contribution in [-0.2, 0) is 40.5 Å². The summed E-state index contributed by atoms with van der Waals surface area (Å²) in [5.41, 5.74) is 0.643. The summed E-state index contributed by atoms with van der Waals surface area (Å²) in [5, 5.41) is 0.620. The van der Waals surface area contributed by atoms with Crippen LogP contribution in [0.3, 0.4) is 0 Å². The van der Waals surface area contributed by atoms with Crippen molar-refractivity contribution >= 4 is 25.7 Å². The first-order valence-corrected chi connectivity index (χ1v) is 8.86. The van der Waals surface area contributed by atoms with E-state index in [9.17, 15) is 9.59 Å². The summed E-state index contributed by atoms with van der Waals surface area (Å²) in [5.74, 6) is 0.107. The third-order valence-corrected chi connectivity index (χ3v) is 4.86. The molecule has 23 heavy (non-hydrogen) atoms. The molecule has 114 valence electrons. The number of rotatable bonds is 3. The molecule has 0 bridgehead atoms. The molecule has 2 aromatic rings. The number of Topliss-reactive ketones (excluding diaryl/α,β-unsaturated/α-hetero) is 1. The Morgan fingerprint density at radius 1 is 1.17 bits per heavy atom. The molecule has 0 spiro atoms. The van der Waals surface area contributed by atoms with E-state index in [1.54, 1.807) is 31.3 Å². The maximum absolute atomic E-state index is 12.3. The fourth-order valence-corrected chi connectivity index (χ4v) is 3.39. The van der Waals surface area contributed by atoms with Crippen LogP contribution in [0.15, 0.2) is 42.5 Å². The Bertz CT molecular complexity index is 776. The molecule has 1 heterocycles. The van der Waals surface area contributed by atoms with Gasteiger partial charge in [0.1, 0.15) is 0 Å². The van der Waals surface area contributed by atoms with Crippen molar-refractivity contribution in [1.82, 2.24) is 4.90 Å². The molecular weight excluding hydrogens is 391 g/mol. The number of nitrogens with zero attached hydrogens (tertiary/aromatic N) is 1. The molecule has 1 saturated heterocycles. The van der Waals surface area contributed by atoms with E-state index < -0.39 is 5.92 Å². The second-order valence-electron chi connectivity index (χ2n) is 5.45. The van der Waals surface area contributed by atoms with Crippen LogP contribution in [0.4, 0.5) is 0 Å². The second kappa shape index (κ2) is 6.72. The molecule has 1 fully saturated rings. The minimum atomic E-state index is -0.769. The van der Waals surface area contributed by atoms with Gasteiger partial charge in [-0.15, -0.1) is 0 Å². The van der Waals surface area contributed by atoms with Crippen molar-refractivity contribution in [2.24, 2.45) is 0 Å². The van der Waals surface area contributed by atoms with Crippen molar-refractivity contribution in [3.05, 3.63) is 53.1 Å². The summed E-state index contributed by atoms with van der Waals surface area (Å²) in [4.78, 5) is 26.0. The molecule has 0 aromatic heterocycles. The number of ketones is 1. The number of likely N-dealkylation sites (tertiary alicyclic amines) is 1. The van der Waals surface area contributed by atoms with Gasteiger partial charge in [-0.3, -0.25) is 0 Å². The maximum atomic E-state index is 12.3. The molecule has 1 atom stereocenters. The molecule has 0 aliphatic carbocycles. The van der Waals surface area contributed by atoms with Crippen molar-refractivity contribution in [3.8, 4) is 11.5 Å². The van der Waals surface area contributed by atoms with Gasteiger partial charge in [-0.2, -0.15) is 0 Å². The van der Waals surface area contributed by atoms with Gasteiger partial charge < -0.3 is 0 Å². The topological polar surface area (TPSA) is 46.6 Å². The molecule has 0 saturated carbocycles. The number of hydrogen-bond donors (Lipinski definition) is 0. The number of carbonyl (C=O) groups is 2. The molecule has 1 unspecified atom stereocenters. The van der Waals surface area contributed by atoms with Gasteiger partial charge in [0, 0.05) is 0 Å². The Hall–Kier alpha value is -1.23. The Kier molecular flexibility index (Phi) is 4.86. The van der Waals surface area contributed by atoms with Crippen molar-refractivity contribution in [3.63, 3.8) is 0 Å². The molecule has 1 aliphatic rings. The van der Waals surface area contributed by atoms with Crippen molar-refractivity contribution in [1.29, 1.82) is 0 Å². The van der Waals surface area contributed by atoms with E-state index in [-0.39, 0.29) is 18.2 Å². The predicted molar refractivity (Wildman–Crippen MR) is 83.0 cm³/mol. The van der Waals surface area contributed by atoms with Crippen LogP contribution in [0.2, 0.25) is 5.02 Å². The predicted octanol–water partition coefficient (Wildman–Crippen LogP) is 2.43. The van der Waals surface area contributed by atoms with Crippen molar-refractivity contribution in [2.75, 3.05) is 13.6 Å². The molecule has 6 heteroatoms. The molecule has 1 aliphatic heterocycles. The SMILES string of the molecule is CN1CC(=O)C(c2c[c]([Y])ccc2Oc2ccc(Cl)cc2)C1=O.